The minimum Gasteiger partial charge on any atom is -0.492 e. The van der Waals surface area contributed by atoms with Gasteiger partial charge in [-0.1, -0.05) is 18.2 Å². The summed E-state index contributed by atoms with van der Waals surface area (Å²) in [6, 6.07) is 13.9. The predicted molar refractivity (Wildman–Crippen MR) is 98.7 cm³/mol. The Balaban J connectivity index is 1.57. The highest BCUT2D eigenvalue weighted by Crippen LogP contribution is 2.30. The number of rotatable bonds is 4. The van der Waals surface area contributed by atoms with Crippen LogP contribution in [-0.4, -0.2) is 28.1 Å². The SMILES string of the molecule is OC(c1cccnc1)c1ccc2c(c1)CN(Cc1cccs1)CCO2. The number of benzene rings is 1. The minimum absolute atomic E-state index is 0.673. The second kappa shape index (κ2) is 7.35. The summed E-state index contributed by atoms with van der Waals surface area (Å²) in [7, 11) is 0. The lowest BCUT2D eigenvalue weighted by atomic mass is 10.0. The maximum absolute atomic E-state index is 10.6. The molecule has 5 heteroatoms. The smallest absolute Gasteiger partial charge is 0.123 e. The van der Waals surface area contributed by atoms with Gasteiger partial charge in [0, 0.05) is 48.0 Å². The largest absolute Gasteiger partial charge is 0.492 e. The van der Waals surface area contributed by atoms with E-state index in [0.29, 0.717) is 6.61 Å². The molecule has 0 bridgehead atoms. The summed E-state index contributed by atoms with van der Waals surface area (Å²) in [5.41, 5.74) is 2.79. The molecule has 1 atom stereocenters. The maximum atomic E-state index is 10.6. The second-order valence-corrected chi connectivity index (χ2v) is 7.23. The summed E-state index contributed by atoms with van der Waals surface area (Å²) in [4.78, 5) is 7.84. The Hall–Kier alpha value is -2.21. The average Bonchev–Trinajstić information content (AvgIpc) is 3.07. The van der Waals surface area contributed by atoms with Gasteiger partial charge in [0.25, 0.3) is 0 Å². The van der Waals surface area contributed by atoms with Crippen molar-refractivity contribution in [3.05, 3.63) is 81.8 Å². The summed E-state index contributed by atoms with van der Waals surface area (Å²) in [5, 5.41) is 12.8. The van der Waals surface area contributed by atoms with Crippen molar-refractivity contribution in [3.63, 3.8) is 0 Å². The topological polar surface area (TPSA) is 45.6 Å². The third kappa shape index (κ3) is 3.74. The number of aliphatic hydroxyl groups is 1. The summed E-state index contributed by atoms with van der Waals surface area (Å²) in [5.74, 6) is 0.913. The molecule has 4 rings (SSSR count). The predicted octanol–water partition coefficient (Wildman–Crippen LogP) is 3.62. The van der Waals surface area contributed by atoms with Crippen LogP contribution in [0.1, 0.15) is 27.7 Å². The van der Waals surface area contributed by atoms with Crippen LogP contribution in [0, 0.1) is 0 Å². The Morgan fingerprint density at radius 3 is 2.96 bits per heavy atom. The average molecular weight is 352 g/mol. The second-order valence-electron chi connectivity index (χ2n) is 6.19. The fourth-order valence-corrected chi connectivity index (χ4v) is 3.87. The molecule has 1 aliphatic rings. The van der Waals surface area contributed by atoms with E-state index in [1.165, 1.54) is 4.88 Å². The van der Waals surface area contributed by atoms with Crippen molar-refractivity contribution in [2.45, 2.75) is 19.2 Å². The van der Waals surface area contributed by atoms with Gasteiger partial charge in [-0.3, -0.25) is 9.88 Å². The van der Waals surface area contributed by atoms with E-state index in [9.17, 15) is 5.11 Å². The third-order valence-electron chi connectivity index (χ3n) is 4.42. The van der Waals surface area contributed by atoms with Crippen LogP contribution < -0.4 is 4.74 Å². The fraction of sp³-hybridized carbons (Fsp3) is 0.250. The Morgan fingerprint density at radius 2 is 2.16 bits per heavy atom. The van der Waals surface area contributed by atoms with Crippen molar-refractivity contribution in [2.75, 3.05) is 13.2 Å². The van der Waals surface area contributed by atoms with Crippen molar-refractivity contribution < 1.29 is 9.84 Å². The third-order valence-corrected chi connectivity index (χ3v) is 5.28. The molecule has 25 heavy (non-hydrogen) atoms. The lowest BCUT2D eigenvalue weighted by molar-refractivity contribution is 0.219. The normalized spacial score (nSPS) is 15.9. The molecule has 0 radical (unpaired) electrons. The van der Waals surface area contributed by atoms with Gasteiger partial charge in [0.15, 0.2) is 0 Å². The van der Waals surface area contributed by atoms with Crippen molar-refractivity contribution in [2.24, 2.45) is 0 Å². The van der Waals surface area contributed by atoms with Gasteiger partial charge in [-0.15, -0.1) is 11.3 Å². The molecule has 0 saturated heterocycles. The standard InChI is InChI=1S/C20H20N2O2S/c23-20(16-3-1-7-21-12-16)15-5-6-19-17(11-15)13-22(8-9-24-19)14-18-4-2-10-25-18/h1-7,10-12,20,23H,8-9,13-14H2. The maximum Gasteiger partial charge on any atom is 0.123 e. The lowest BCUT2D eigenvalue weighted by Gasteiger charge is -2.19. The van der Waals surface area contributed by atoms with Crippen LogP contribution in [-0.2, 0) is 13.1 Å². The molecule has 1 N–H and O–H groups in total. The molecule has 0 spiro atoms. The first kappa shape index (κ1) is 16.3. The summed E-state index contributed by atoms with van der Waals surface area (Å²) in [6.45, 7) is 3.33. The van der Waals surface area contributed by atoms with E-state index in [-0.39, 0.29) is 0 Å². The highest BCUT2D eigenvalue weighted by Gasteiger charge is 2.19. The van der Waals surface area contributed by atoms with Gasteiger partial charge in [0.2, 0.25) is 0 Å². The minimum atomic E-state index is -0.673. The first-order chi connectivity index (χ1) is 12.3. The summed E-state index contributed by atoms with van der Waals surface area (Å²) in [6.07, 6.45) is 2.74. The van der Waals surface area contributed by atoms with E-state index in [1.54, 1.807) is 23.7 Å². The number of aromatic nitrogens is 1. The van der Waals surface area contributed by atoms with E-state index in [2.05, 4.69) is 33.5 Å². The van der Waals surface area contributed by atoms with Crippen molar-refractivity contribution in [1.29, 1.82) is 0 Å². The zero-order valence-corrected chi connectivity index (χ0v) is 14.7. The molecular weight excluding hydrogens is 332 g/mol. The first-order valence-corrected chi connectivity index (χ1v) is 9.26. The molecule has 0 saturated carbocycles. The van der Waals surface area contributed by atoms with Crippen LogP contribution in [0.3, 0.4) is 0 Å². The first-order valence-electron chi connectivity index (χ1n) is 8.38. The van der Waals surface area contributed by atoms with E-state index < -0.39 is 6.10 Å². The monoisotopic (exact) mass is 352 g/mol. The van der Waals surface area contributed by atoms with Crippen LogP contribution in [0.15, 0.2) is 60.2 Å². The molecule has 3 aromatic rings. The molecule has 128 valence electrons. The number of thiophene rings is 1. The number of hydrogen-bond acceptors (Lipinski definition) is 5. The van der Waals surface area contributed by atoms with E-state index in [4.69, 9.17) is 4.74 Å². The van der Waals surface area contributed by atoms with Gasteiger partial charge in [0.1, 0.15) is 18.5 Å². The van der Waals surface area contributed by atoms with Crippen molar-refractivity contribution in [1.82, 2.24) is 9.88 Å². The Bertz CT molecular complexity index is 821. The number of aliphatic hydroxyl groups excluding tert-OH is 1. The van der Waals surface area contributed by atoms with E-state index >= 15 is 0 Å². The van der Waals surface area contributed by atoms with Gasteiger partial charge in [-0.05, 0) is 35.2 Å². The Morgan fingerprint density at radius 1 is 1.20 bits per heavy atom. The zero-order valence-electron chi connectivity index (χ0n) is 13.8. The van der Waals surface area contributed by atoms with Gasteiger partial charge < -0.3 is 9.84 Å². The van der Waals surface area contributed by atoms with Crippen molar-refractivity contribution >= 4 is 11.3 Å². The molecule has 1 unspecified atom stereocenters. The number of pyridine rings is 1. The molecule has 4 nitrogen and oxygen atoms in total. The van der Waals surface area contributed by atoms with Crippen molar-refractivity contribution in [3.8, 4) is 5.75 Å². The highest BCUT2D eigenvalue weighted by atomic mass is 32.1. The number of ether oxygens (including phenoxy) is 1. The Kier molecular flexibility index (Phi) is 4.78. The van der Waals surface area contributed by atoms with Crippen LogP contribution in [0.5, 0.6) is 5.75 Å². The molecule has 2 aromatic heterocycles. The van der Waals surface area contributed by atoms with Crippen LogP contribution in [0.4, 0.5) is 0 Å². The zero-order chi connectivity index (χ0) is 17.1. The van der Waals surface area contributed by atoms with E-state index in [0.717, 1.165) is 42.1 Å². The number of hydrogen-bond donors (Lipinski definition) is 1. The molecule has 1 aromatic carbocycles. The van der Waals surface area contributed by atoms with Gasteiger partial charge >= 0.3 is 0 Å². The summed E-state index contributed by atoms with van der Waals surface area (Å²) >= 11 is 1.78. The molecule has 0 fully saturated rings. The van der Waals surface area contributed by atoms with Crippen LogP contribution in [0.25, 0.3) is 0 Å². The van der Waals surface area contributed by atoms with Crippen LogP contribution in [0.2, 0.25) is 0 Å². The highest BCUT2D eigenvalue weighted by molar-refractivity contribution is 7.09. The van der Waals surface area contributed by atoms with Gasteiger partial charge in [0.05, 0.1) is 0 Å². The number of fused-ring (bicyclic) bond motifs is 1. The van der Waals surface area contributed by atoms with E-state index in [1.807, 2.05) is 24.3 Å². The molecule has 1 aliphatic heterocycles. The molecular formula is C20H20N2O2S. The van der Waals surface area contributed by atoms with Crippen LogP contribution >= 0.6 is 11.3 Å². The lowest BCUT2D eigenvalue weighted by Crippen LogP contribution is -2.24. The Labute approximate surface area is 151 Å². The fourth-order valence-electron chi connectivity index (χ4n) is 3.13. The quantitative estimate of drug-likeness (QED) is 0.779. The molecule has 3 heterocycles. The van der Waals surface area contributed by atoms with Gasteiger partial charge in [-0.2, -0.15) is 0 Å². The van der Waals surface area contributed by atoms with Gasteiger partial charge in [-0.25, -0.2) is 0 Å². The summed E-state index contributed by atoms with van der Waals surface area (Å²) < 4.78 is 5.91. The molecule has 0 amide bonds. The molecule has 0 aliphatic carbocycles. The number of nitrogens with zero attached hydrogens (tertiary/aromatic N) is 2.